The Morgan fingerprint density at radius 1 is 1.07 bits per heavy atom. The third-order valence-electron chi connectivity index (χ3n) is 4.69. The minimum absolute atomic E-state index is 0.165. The molecule has 1 aliphatic carbocycles. The van der Waals surface area contributed by atoms with E-state index >= 15 is 0 Å². The van der Waals surface area contributed by atoms with Crippen molar-refractivity contribution in [1.29, 1.82) is 0 Å². The number of aliphatic hydroxyl groups excluding tert-OH is 1. The van der Waals surface area contributed by atoms with Crippen LogP contribution in [-0.4, -0.2) is 39.2 Å². The summed E-state index contributed by atoms with van der Waals surface area (Å²) in [5, 5.41) is 13.9. The number of benzene rings is 1. The summed E-state index contributed by atoms with van der Waals surface area (Å²) in [6, 6.07) is 6.77. The predicted molar refractivity (Wildman–Crippen MR) is 103 cm³/mol. The van der Waals surface area contributed by atoms with Crippen LogP contribution >= 0.6 is 0 Å². The Kier molecular flexibility index (Phi) is 4.32. The van der Waals surface area contributed by atoms with E-state index in [2.05, 4.69) is 17.6 Å². The van der Waals surface area contributed by atoms with Gasteiger partial charge in [0.25, 0.3) is 0 Å². The minimum atomic E-state index is -2.84. The van der Waals surface area contributed by atoms with Crippen LogP contribution in [0.4, 0.5) is 8.78 Å². The molecule has 0 saturated carbocycles. The molecule has 4 rings (SSSR count). The first-order valence-electron chi connectivity index (χ1n) is 8.41. The third-order valence-corrected chi connectivity index (χ3v) is 4.69. The first-order chi connectivity index (χ1) is 12.9. The van der Waals surface area contributed by atoms with E-state index in [1.54, 1.807) is 29.2 Å². The van der Waals surface area contributed by atoms with Crippen molar-refractivity contribution in [3.05, 3.63) is 70.8 Å². The van der Waals surface area contributed by atoms with E-state index < -0.39 is 12.5 Å². The van der Waals surface area contributed by atoms with Crippen molar-refractivity contribution in [3.8, 4) is 11.1 Å². The van der Waals surface area contributed by atoms with Crippen LogP contribution in [0.15, 0.2) is 42.9 Å². The fourth-order valence-electron chi connectivity index (χ4n) is 3.20. The molecule has 0 fully saturated rings. The number of hydrogen-bond acceptors (Lipinski definition) is 3. The van der Waals surface area contributed by atoms with Crippen molar-refractivity contribution in [2.24, 2.45) is 7.05 Å². The number of alkyl halides is 2. The zero-order valence-electron chi connectivity index (χ0n) is 14.6. The summed E-state index contributed by atoms with van der Waals surface area (Å²) >= 11 is 0. The van der Waals surface area contributed by atoms with Gasteiger partial charge >= 0.3 is 155 Å². The van der Waals surface area contributed by atoms with Gasteiger partial charge in [-0.1, -0.05) is 0 Å². The zero-order valence-corrected chi connectivity index (χ0v) is 14.6. The first-order valence-corrected chi connectivity index (χ1v) is 8.41. The fraction of sp³-hybridized carbons (Fsp3) is 0.150. The molecule has 1 N–H and O–H groups in total. The Morgan fingerprint density at radius 2 is 1.89 bits per heavy atom. The van der Waals surface area contributed by atoms with Gasteiger partial charge in [0.1, 0.15) is 0 Å². The molecule has 134 valence electrons. The summed E-state index contributed by atoms with van der Waals surface area (Å²) in [5.74, 6) is 0. The summed E-state index contributed by atoms with van der Waals surface area (Å²) in [7, 11) is 6.01. The topological polar surface area (TPSA) is 50.9 Å². The molecule has 2 heterocycles. The average molecular weight is 363 g/mol. The van der Waals surface area contributed by atoms with Gasteiger partial charge in [-0.05, 0) is 0 Å². The number of aromatic nitrogens is 3. The van der Waals surface area contributed by atoms with E-state index in [-0.39, 0.29) is 5.56 Å². The molecule has 0 aliphatic heterocycles. The van der Waals surface area contributed by atoms with Crippen LogP contribution in [0.1, 0.15) is 34.1 Å². The van der Waals surface area contributed by atoms with E-state index in [4.69, 9.17) is 0 Å². The van der Waals surface area contributed by atoms with Gasteiger partial charge < -0.3 is 0 Å². The molecule has 4 nitrogen and oxygen atoms in total. The summed E-state index contributed by atoms with van der Waals surface area (Å²) in [6.07, 6.45) is 4.51. The van der Waals surface area contributed by atoms with E-state index in [1.165, 1.54) is 6.07 Å². The Balaban J connectivity index is 1.81. The van der Waals surface area contributed by atoms with Crippen LogP contribution in [0.3, 0.4) is 0 Å². The van der Waals surface area contributed by atoms with Crippen molar-refractivity contribution >= 4 is 25.1 Å². The predicted octanol–water partition coefficient (Wildman–Crippen LogP) is 2.73. The van der Waals surface area contributed by atoms with Gasteiger partial charge in [0.05, 0.1) is 0 Å². The molecule has 0 radical (unpaired) electrons. The normalized spacial score (nSPS) is 14.0. The van der Waals surface area contributed by atoms with Crippen LogP contribution in [0.25, 0.3) is 23.3 Å². The number of fused-ring (bicyclic) bond motifs is 2. The van der Waals surface area contributed by atoms with Gasteiger partial charge in [0.2, 0.25) is 0 Å². The Bertz CT molecular complexity index is 1070. The summed E-state index contributed by atoms with van der Waals surface area (Å²) in [6.45, 7) is 0. The van der Waals surface area contributed by atoms with Gasteiger partial charge in [-0.25, -0.2) is 0 Å². The van der Waals surface area contributed by atoms with E-state index in [0.29, 0.717) is 11.0 Å². The number of aliphatic hydroxyl groups is 1. The van der Waals surface area contributed by atoms with E-state index in [1.807, 2.05) is 31.5 Å². The molecule has 2 aromatic heterocycles. The fourth-order valence-corrected chi connectivity index (χ4v) is 3.20. The molecule has 1 atom stereocenters. The monoisotopic (exact) mass is 363 g/mol. The molecule has 0 saturated heterocycles. The maximum atomic E-state index is 12.9. The second-order valence-electron chi connectivity index (χ2n) is 6.50. The zero-order chi connectivity index (χ0) is 19.1. The number of hydrogen-bond donors (Lipinski definition) is 1. The van der Waals surface area contributed by atoms with Gasteiger partial charge in [-0.2, -0.15) is 0 Å². The van der Waals surface area contributed by atoms with Gasteiger partial charge in [-0.3, -0.25) is 0 Å². The second kappa shape index (κ2) is 6.66. The molecule has 1 aliphatic rings. The number of aryl methyl sites for hydroxylation is 1. The Morgan fingerprint density at radius 3 is 2.59 bits per heavy atom. The van der Waals surface area contributed by atoms with Crippen LogP contribution < -0.4 is 0 Å². The van der Waals surface area contributed by atoms with Crippen molar-refractivity contribution < 1.29 is 13.9 Å². The molecule has 1 aromatic carbocycles. The number of nitrogens with zero attached hydrogens (tertiary/aromatic N) is 3. The van der Waals surface area contributed by atoms with Gasteiger partial charge in [0, 0.05) is 0 Å². The molecule has 0 bridgehead atoms. The Hall–Kier alpha value is -2.93. The van der Waals surface area contributed by atoms with Crippen molar-refractivity contribution in [1.82, 2.24) is 14.8 Å². The quantitative estimate of drug-likeness (QED) is 0.570. The molecular weight excluding hydrogens is 347 g/mol. The van der Waals surface area contributed by atoms with E-state index in [0.717, 1.165) is 27.9 Å². The summed E-state index contributed by atoms with van der Waals surface area (Å²) in [5.41, 5.74) is 5.76. The first kappa shape index (κ1) is 17.5. The standard InChI is InChI=1S/C20H16BF2N3O/c1-26-10-14(9-25-26)13-7-16-17(24-8-13)5-4-11-2-3-12(19(27)20(22)23)6-15(11)18(16)21/h2-10,19-21,27H,1H3. The van der Waals surface area contributed by atoms with Crippen LogP contribution in [0.2, 0.25) is 0 Å². The Labute approximate surface area is 155 Å². The van der Waals surface area contributed by atoms with Crippen LogP contribution in [0, 0.1) is 0 Å². The van der Waals surface area contributed by atoms with Crippen LogP contribution in [0.5, 0.6) is 0 Å². The molecule has 27 heavy (non-hydrogen) atoms. The van der Waals surface area contributed by atoms with Crippen molar-refractivity contribution in [2.75, 3.05) is 0 Å². The van der Waals surface area contributed by atoms with Crippen LogP contribution in [-0.2, 0) is 7.05 Å². The molecule has 3 aromatic rings. The summed E-state index contributed by atoms with van der Waals surface area (Å²) < 4.78 is 27.5. The molecule has 1 unspecified atom stereocenters. The SMILES string of the molecule is B=C1c2cc(C(O)C(F)F)ccc2C=Cc2ncc(-c3cnn(C)c3)cc21. The number of rotatable bonds is 3. The number of pyridine rings is 1. The second-order valence-corrected chi connectivity index (χ2v) is 6.50. The maximum absolute atomic E-state index is 12.9. The third kappa shape index (κ3) is 3.15. The molecule has 0 spiro atoms. The average Bonchev–Trinajstić information content (AvgIpc) is 3.05. The molecular formula is C20H16BF2N3O. The molecule has 0 amide bonds. The van der Waals surface area contributed by atoms with Gasteiger partial charge in [-0.15, -0.1) is 0 Å². The summed E-state index contributed by atoms with van der Waals surface area (Å²) in [4.78, 5) is 4.53. The van der Waals surface area contributed by atoms with Gasteiger partial charge in [0.15, 0.2) is 0 Å². The van der Waals surface area contributed by atoms with E-state index in [9.17, 15) is 13.9 Å². The number of halogens is 2. The van der Waals surface area contributed by atoms with Crippen molar-refractivity contribution in [3.63, 3.8) is 0 Å². The molecule has 7 heteroatoms. The van der Waals surface area contributed by atoms with Crippen molar-refractivity contribution in [2.45, 2.75) is 12.5 Å².